The summed E-state index contributed by atoms with van der Waals surface area (Å²) in [6.07, 6.45) is 2.37. The first kappa shape index (κ1) is 17.0. The molecule has 0 bridgehead atoms. The van der Waals surface area contributed by atoms with Crippen molar-refractivity contribution in [2.45, 2.75) is 24.7 Å². The van der Waals surface area contributed by atoms with Crippen LogP contribution in [0, 0.1) is 5.92 Å². The van der Waals surface area contributed by atoms with E-state index in [0.717, 1.165) is 60.2 Å². The molecule has 5 rings (SSSR count). The zero-order valence-electron chi connectivity index (χ0n) is 15.6. The van der Waals surface area contributed by atoms with Gasteiger partial charge in [-0.3, -0.25) is 0 Å². The predicted octanol–water partition coefficient (Wildman–Crippen LogP) is 4.41. The molecular formula is C22H25N3OS. The second-order valence-corrected chi connectivity index (χ2v) is 9.31. The third-order valence-electron chi connectivity index (χ3n) is 5.80. The molecule has 1 N–H and O–H groups in total. The van der Waals surface area contributed by atoms with Crippen molar-refractivity contribution in [3.8, 4) is 11.3 Å². The van der Waals surface area contributed by atoms with Crippen molar-refractivity contribution < 1.29 is 4.21 Å². The van der Waals surface area contributed by atoms with Crippen LogP contribution in [0.4, 0.5) is 5.69 Å². The van der Waals surface area contributed by atoms with Crippen LogP contribution in [0.1, 0.15) is 19.8 Å². The number of nitrogens with zero attached hydrogens (tertiary/aromatic N) is 2. The quantitative estimate of drug-likeness (QED) is 0.729. The molecular weight excluding hydrogens is 354 g/mol. The van der Waals surface area contributed by atoms with Gasteiger partial charge in [-0.05, 0) is 49.1 Å². The van der Waals surface area contributed by atoms with Gasteiger partial charge in [-0.2, -0.15) is 0 Å². The van der Waals surface area contributed by atoms with E-state index in [1.54, 1.807) is 0 Å². The van der Waals surface area contributed by atoms with E-state index in [-0.39, 0.29) is 0 Å². The average molecular weight is 380 g/mol. The van der Waals surface area contributed by atoms with Gasteiger partial charge in [0.25, 0.3) is 0 Å². The van der Waals surface area contributed by atoms with Crippen molar-refractivity contribution in [1.82, 2.24) is 9.29 Å². The third kappa shape index (κ3) is 3.09. The number of aromatic amines is 1. The van der Waals surface area contributed by atoms with Crippen LogP contribution in [0.2, 0.25) is 0 Å². The summed E-state index contributed by atoms with van der Waals surface area (Å²) in [5, 5.41) is 1.21. The fourth-order valence-corrected chi connectivity index (χ4v) is 5.38. The molecule has 0 spiro atoms. The zero-order chi connectivity index (χ0) is 18.4. The lowest BCUT2D eigenvalue weighted by Crippen LogP contribution is -2.38. The van der Waals surface area contributed by atoms with E-state index >= 15 is 0 Å². The molecule has 0 saturated carbocycles. The van der Waals surface area contributed by atoms with E-state index in [9.17, 15) is 4.21 Å². The number of fused-ring (bicyclic) bond motifs is 1. The Labute approximate surface area is 162 Å². The highest BCUT2D eigenvalue weighted by Crippen LogP contribution is 2.37. The second-order valence-electron chi connectivity index (χ2n) is 7.82. The van der Waals surface area contributed by atoms with Crippen molar-refractivity contribution in [3.63, 3.8) is 0 Å². The molecule has 2 aromatic carbocycles. The number of para-hydroxylation sites is 1. The number of H-pyrrole nitrogens is 1. The highest BCUT2D eigenvalue weighted by molar-refractivity contribution is 7.82. The van der Waals surface area contributed by atoms with E-state index in [0.29, 0.717) is 0 Å². The minimum atomic E-state index is -1.06. The van der Waals surface area contributed by atoms with Crippen molar-refractivity contribution in [2.75, 3.05) is 31.1 Å². The standard InChI is InChI=1S/C22H25N3OS/c1-16-9-12-24(15-16)22-8-7-18(27(26)25-10-4-11-25)14-19(22)21-13-17-5-2-3-6-20(17)23-21/h2-3,5-8,13-14,16,23H,4,9-12,15H2,1H3. The van der Waals surface area contributed by atoms with E-state index < -0.39 is 11.0 Å². The predicted molar refractivity (Wildman–Crippen MR) is 112 cm³/mol. The van der Waals surface area contributed by atoms with Gasteiger partial charge >= 0.3 is 0 Å². The Morgan fingerprint density at radius 1 is 1.07 bits per heavy atom. The van der Waals surface area contributed by atoms with Gasteiger partial charge in [0.05, 0.1) is 4.90 Å². The van der Waals surface area contributed by atoms with Crippen LogP contribution in [0.15, 0.2) is 53.4 Å². The fourth-order valence-electron chi connectivity index (χ4n) is 4.09. The molecule has 3 aromatic rings. The third-order valence-corrected chi connectivity index (χ3v) is 7.30. The number of rotatable bonds is 4. The summed E-state index contributed by atoms with van der Waals surface area (Å²) in [7, 11) is -1.06. The van der Waals surface area contributed by atoms with Gasteiger partial charge in [0.2, 0.25) is 0 Å². The molecule has 2 saturated heterocycles. The lowest BCUT2D eigenvalue weighted by atomic mass is 10.1. The Balaban J connectivity index is 1.61. The normalized spacial score (nSPS) is 21.5. The Bertz CT molecular complexity index is 975. The second kappa shape index (κ2) is 6.80. The summed E-state index contributed by atoms with van der Waals surface area (Å²) in [4.78, 5) is 6.95. The molecule has 0 aliphatic carbocycles. The molecule has 2 unspecified atom stereocenters. The number of anilines is 1. The smallest absolute Gasteiger partial charge is 0.127 e. The number of hydrogen-bond acceptors (Lipinski definition) is 2. The van der Waals surface area contributed by atoms with Gasteiger partial charge < -0.3 is 9.88 Å². The Kier molecular flexibility index (Phi) is 4.29. The molecule has 0 amide bonds. The summed E-state index contributed by atoms with van der Waals surface area (Å²) in [5.74, 6) is 0.718. The number of hydrogen-bond donors (Lipinski definition) is 1. The van der Waals surface area contributed by atoms with Gasteiger partial charge in [0, 0.05) is 54.0 Å². The van der Waals surface area contributed by atoms with Gasteiger partial charge in [-0.1, -0.05) is 25.1 Å². The summed E-state index contributed by atoms with van der Waals surface area (Å²) in [5.41, 5.74) is 4.65. The SMILES string of the molecule is CC1CCN(c2ccc(S(=O)N3CCC3)cc2-c2cc3ccccc3[nH]2)C1. The van der Waals surface area contributed by atoms with E-state index in [1.807, 2.05) is 4.31 Å². The monoisotopic (exact) mass is 379 g/mol. The number of nitrogens with one attached hydrogen (secondary N) is 1. The fraction of sp³-hybridized carbons (Fsp3) is 0.364. The molecule has 0 radical (unpaired) electrons. The van der Waals surface area contributed by atoms with Gasteiger partial charge in [-0.25, -0.2) is 8.51 Å². The van der Waals surface area contributed by atoms with Crippen LogP contribution in [0.3, 0.4) is 0 Å². The van der Waals surface area contributed by atoms with Crippen molar-refractivity contribution in [2.24, 2.45) is 5.92 Å². The minimum absolute atomic E-state index is 0.718. The summed E-state index contributed by atoms with van der Waals surface area (Å²) in [6, 6.07) is 16.9. The minimum Gasteiger partial charge on any atom is -0.371 e. The van der Waals surface area contributed by atoms with E-state index in [1.165, 1.54) is 17.5 Å². The maximum absolute atomic E-state index is 12.9. The largest absolute Gasteiger partial charge is 0.371 e. The zero-order valence-corrected chi connectivity index (χ0v) is 16.5. The van der Waals surface area contributed by atoms with Crippen molar-refractivity contribution in [3.05, 3.63) is 48.5 Å². The van der Waals surface area contributed by atoms with Crippen LogP contribution in [-0.4, -0.2) is 39.7 Å². The maximum Gasteiger partial charge on any atom is 0.127 e. The molecule has 27 heavy (non-hydrogen) atoms. The van der Waals surface area contributed by atoms with Crippen molar-refractivity contribution in [1.29, 1.82) is 0 Å². The molecule has 2 aliphatic rings. The van der Waals surface area contributed by atoms with Crippen LogP contribution < -0.4 is 4.90 Å². The average Bonchev–Trinajstić information content (AvgIpc) is 3.25. The van der Waals surface area contributed by atoms with E-state index in [2.05, 4.69) is 65.3 Å². The van der Waals surface area contributed by atoms with E-state index in [4.69, 9.17) is 0 Å². The Morgan fingerprint density at radius 2 is 1.93 bits per heavy atom. The molecule has 2 aliphatic heterocycles. The molecule has 140 valence electrons. The van der Waals surface area contributed by atoms with Gasteiger partial charge in [-0.15, -0.1) is 0 Å². The van der Waals surface area contributed by atoms with Crippen LogP contribution in [-0.2, 0) is 11.0 Å². The van der Waals surface area contributed by atoms with Crippen LogP contribution in [0.25, 0.3) is 22.2 Å². The molecule has 2 atom stereocenters. The van der Waals surface area contributed by atoms with Gasteiger partial charge in [0.15, 0.2) is 0 Å². The molecule has 3 heterocycles. The van der Waals surface area contributed by atoms with Crippen LogP contribution >= 0.6 is 0 Å². The molecule has 2 fully saturated rings. The Hall–Kier alpha value is -2.11. The van der Waals surface area contributed by atoms with Crippen molar-refractivity contribution >= 4 is 27.6 Å². The topological polar surface area (TPSA) is 39.3 Å². The first-order chi connectivity index (χ1) is 13.2. The number of benzene rings is 2. The Morgan fingerprint density at radius 3 is 2.63 bits per heavy atom. The van der Waals surface area contributed by atoms with Crippen LogP contribution in [0.5, 0.6) is 0 Å². The molecule has 1 aromatic heterocycles. The summed E-state index contributed by atoms with van der Waals surface area (Å²) < 4.78 is 14.9. The molecule has 5 heteroatoms. The maximum atomic E-state index is 12.9. The first-order valence-electron chi connectivity index (χ1n) is 9.83. The summed E-state index contributed by atoms with van der Waals surface area (Å²) >= 11 is 0. The highest BCUT2D eigenvalue weighted by atomic mass is 32.2. The lowest BCUT2D eigenvalue weighted by molar-refractivity contribution is 0.328. The number of aromatic nitrogens is 1. The lowest BCUT2D eigenvalue weighted by Gasteiger charge is -2.29. The highest BCUT2D eigenvalue weighted by Gasteiger charge is 2.25. The summed E-state index contributed by atoms with van der Waals surface area (Å²) in [6.45, 7) is 6.35. The first-order valence-corrected chi connectivity index (χ1v) is 10.9. The molecule has 4 nitrogen and oxygen atoms in total. The van der Waals surface area contributed by atoms with Gasteiger partial charge in [0.1, 0.15) is 11.0 Å².